The number of hydrogen-bond acceptors (Lipinski definition) is 5. The van der Waals surface area contributed by atoms with E-state index >= 15 is 0 Å². The van der Waals surface area contributed by atoms with E-state index in [-0.39, 0.29) is 17.9 Å². The topological polar surface area (TPSA) is 121 Å². The zero-order valence-electron chi connectivity index (χ0n) is 16.9. The van der Waals surface area contributed by atoms with Crippen LogP contribution in [0.5, 0.6) is 5.75 Å². The highest BCUT2D eigenvalue weighted by Gasteiger charge is 2.35. The molecule has 3 heterocycles. The SMILES string of the molecule is NC(=O)[C@@H](Nc1cc2c3c(c(-c4ccc5c(c4)C(=O)NC5)[nH]c3c1)NCCO2)C1CC1. The average Bonchev–Trinajstić information content (AvgIpc) is 3.48. The van der Waals surface area contributed by atoms with Gasteiger partial charge in [0.1, 0.15) is 18.4 Å². The van der Waals surface area contributed by atoms with E-state index in [0.717, 1.165) is 57.7 Å². The van der Waals surface area contributed by atoms with Crippen LogP contribution in [-0.2, 0) is 11.3 Å². The Kier molecular flexibility index (Phi) is 3.89. The molecule has 1 saturated carbocycles. The molecule has 3 aliphatic rings. The minimum Gasteiger partial charge on any atom is -0.491 e. The molecule has 158 valence electrons. The lowest BCUT2D eigenvalue weighted by Gasteiger charge is -2.17. The van der Waals surface area contributed by atoms with E-state index in [1.165, 1.54) is 0 Å². The summed E-state index contributed by atoms with van der Waals surface area (Å²) < 4.78 is 6.02. The first-order valence-electron chi connectivity index (χ1n) is 10.6. The van der Waals surface area contributed by atoms with Crippen LogP contribution >= 0.6 is 0 Å². The Morgan fingerprint density at radius 2 is 2.06 bits per heavy atom. The molecule has 2 aromatic carbocycles. The maximum absolute atomic E-state index is 12.2. The molecule has 1 aromatic heterocycles. The molecule has 1 fully saturated rings. The Bertz CT molecular complexity index is 1240. The Balaban J connectivity index is 1.46. The van der Waals surface area contributed by atoms with Crippen LogP contribution in [0, 0.1) is 5.92 Å². The quantitative estimate of drug-likeness (QED) is 0.437. The molecule has 6 N–H and O–H groups in total. The van der Waals surface area contributed by atoms with Crippen molar-refractivity contribution in [3.05, 3.63) is 41.5 Å². The fourth-order valence-corrected chi connectivity index (χ4v) is 4.62. The number of nitrogens with one attached hydrogen (secondary N) is 4. The van der Waals surface area contributed by atoms with E-state index in [2.05, 4.69) is 20.9 Å². The summed E-state index contributed by atoms with van der Waals surface area (Å²) in [6, 6.07) is 9.50. The maximum atomic E-state index is 12.2. The van der Waals surface area contributed by atoms with E-state index in [9.17, 15) is 9.59 Å². The van der Waals surface area contributed by atoms with Gasteiger partial charge in [-0.3, -0.25) is 9.59 Å². The van der Waals surface area contributed by atoms with Crippen molar-refractivity contribution in [3.8, 4) is 17.0 Å². The van der Waals surface area contributed by atoms with Crippen molar-refractivity contribution in [2.45, 2.75) is 25.4 Å². The Morgan fingerprint density at radius 1 is 1.19 bits per heavy atom. The molecule has 0 saturated heterocycles. The van der Waals surface area contributed by atoms with Gasteiger partial charge >= 0.3 is 0 Å². The number of anilines is 2. The second-order valence-corrected chi connectivity index (χ2v) is 8.46. The molecular formula is C23H23N5O3. The predicted molar refractivity (Wildman–Crippen MR) is 118 cm³/mol. The number of H-pyrrole nitrogens is 1. The highest BCUT2D eigenvalue weighted by Crippen LogP contribution is 2.44. The largest absolute Gasteiger partial charge is 0.491 e. The van der Waals surface area contributed by atoms with Crippen molar-refractivity contribution in [2.24, 2.45) is 11.7 Å². The number of fused-ring (bicyclic) bond motifs is 1. The lowest BCUT2D eigenvalue weighted by atomic mass is 10.0. The first-order chi connectivity index (χ1) is 15.1. The van der Waals surface area contributed by atoms with Gasteiger partial charge in [-0.15, -0.1) is 0 Å². The molecule has 2 amide bonds. The Morgan fingerprint density at radius 3 is 2.87 bits per heavy atom. The number of ether oxygens (including phenoxy) is 1. The first kappa shape index (κ1) is 18.1. The Hall–Kier alpha value is -3.68. The van der Waals surface area contributed by atoms with Crippen LogP contribution in [0.1, 0.15) is 28.8 Å². The van der Waals surface area contributed by atoms with Crippen LogP contribution in [0.25, 0.3) is 22.2 Å². The summed E-state index contributed by atoms with van der Waals surface area (Å²) in [5, 5.41) is 10.6. The van der Waals surface area contributed by atoms with Gasteiger partial charge in [0.15, 0.2) is 0 Å². The van der Waals surface area contributed by atoms with Crippen molar-refractivity contribution in [2.75, 3.05) is 23.8 Å². The predicted octanol–water partition coefficient (Wildman–Crippen LogP) is 2.56. The van der Waals surface area contributed by atoms with E-state index < -0.39 is 0 Å². The van der Waals surface area contributed by atoms with Crippen molar-refractivity contribution in [3.63, 3.8) is 0 Å². The van der Waals surface area contributed by atoms with Crippen molar-refractivity contribution in [1.82, 2.24) is 10.3 Å². The number of amides is 2. The third-order valence-corrected chi connectivity index (χ3v) is 6.33. The summed E-state index contributed by atoms with van der Waals surface area (Å²) in [6.07, 6.45) is 2.03. The molecule has 0 unspecified atom stereocenters. The highest BCUT2D eigenvalue weighted by molar-refractivity contribution is 6.07. The number of hydrogen-bond donors (Lipinski definition) is 5. The summed E-state index contributed by atoms with van der Waals surface area (Å²) in [4.78, 5) is 27.6. The minimum absolute atomic E-state index is 0.0418. The van der Waals surface area contributed by atoms with Gasteiger partial charge in [-0.05, 0) is 36.5 Å². The van der Waals surface area contributed by atoms with Crippen LogP contribution in [0.4, 0.5) is 11.4 Å². The van der Waals surface area contributed by atoms with E-state index in [1.54, 1.807) is 0 Å². The van der Waals surface area contributed by atoms with Crippen LogP contribution in [0.3, 0.4) is 0 Å². The van der Waals surface area contributed by atoms with Crippen molar-refractivity contribution < 1.29 is 14.3 Å². The van der Waals surface area contributed by atoms with Crippen LogP contribution in [-0.4, -0.2) is 36.0 Å². The van der Waals surface area contributed by atoms with Gasteiger partial charge in [0, 0.05) is 36.0 Å². The molecule has 1 aliphatic carbocycles. The normalized spacial score (nSPS) is 17.9. The summed E-state index contributed by atoms with van der Waals surface area (Å²) in [6.45, 7) is 1.76. The molecule has 0 spiro atoms. The minimum atomic E-state index is -0.377. The molecule has 0 radical (unpaired) electrons. The van der Waals surface area contributed by atoms with Crippen LogP contribution < -0.4 is 26.4 Å². The van der Waals surface area contributed by atoms with Gasteiger partial charge in [-0.25, -0.2) is 0 Å². The lowest BCUT2D eigenvalue weighted by molar-refractivity contribution is -0.119. The van der Waals surface area contributed by atoms with Gasteiger partial charge in [0.25, 0.3) is 5.91 Å². The second-order valence-electron chi connectivity index (χ2n) is 8.46. The number of carbonyl (C=O) groups is 2. The van der Waals surface area contributed by atoms with Gasteiger partial charge in [0.05, 0.1) is 22.3 Å². The fourth-order valence-electron chi connectivity index (χ4n) is 4.62. The molecule has 0 bridgehead atoms. The smallest absolute Gasteiger partial charge is 0.251 e. The lowest BCUT2D eigenvalue weighted by Crippen LogP contribution is -2.37. The van der Waals surface area contributed by atoms with Gasteiger partial charge in [-0.1, -0.05) is 12.1 Å². The monoisotopic (exact) mass is 417 g/mol. The Labute approximate surface area is 178 Å². The molecule has 6 rings (SSSR count). The van der Waals surface area contributed by atoms with Gasteiger partial charge < -0.3 is 31.4 Å². The number of primary amides is 1. The summed E-state index contributed by atoms with van der Waals surface area (Å²) in [5.41, 5.74) is 11.8. The third-order valence-electron chi connectivity index (χ3n) is 6.33. The zero-order valence-corrected chi connectivity index (χ0v) is 16.9. The first-order valence-corrected chi connectivity index (χ1v) is 10.6. The van der Waals surface area contributed by atoms with Gasteiger partial charge in [0.2, 0.25) is 5.91 Å². The molecule has 2 aliphatic heterocycles. The maximum Gasteiger partial charge on any atom is 0.251 e. The number of aromatic amines is 1. The molecule has 1 atom stereocenters. The summed E-state index contributed by atoms with van der Waals surface area (Å²) >= 11 is 0. The van der Waals surface area contributed by atoms with E-state index in [0.29, 0.717) is 31.2 Å². The van der Waals surface area contributed by atoms with E-state index in [4.69, 9.17) is 10.5 Å². The standard InChI is InChI=1S/C23H23N5O3/c24-22(29)20(11-1-2-11)27-14-8-16-18-17(9-14)31-6-5-25-21(18)19(28-16)12-3-4-13-10-26-23(30)15(13)7-12/h3-4,7-9,11,20,25,27-28H,1-2,5-6,10H2,(H2,24,29)(H,26,30)/t20-/m0/s1. The highest BCUT2D eigenvalue weighted by atomic mass is 16.5. The van der Waals surface area contributed by atoms with Crippen LogP contribution in [0.15, 0.2) is 30.3 Å². The molecule has 8 nitrogen and oxygen atoms in total. The second kappa shape index (κ2) is 6.66. The fraction of sp³-hybridized carbons (Fsp3) is 0.304. The molecule has 8 heteroatoms. The number of benzene rings is 2. The molecular weight excluding hydrogens is 394 g/mol. The summed E-state index contributed by atoms with van der Waals surface area (Å²) in [5.74, 6) is 0.669. The number of carbonyl (C=O) groups excluding carboxylic acids is 2. The van der Waals surface area contributed by atoms with Crippen molar-refractivity contribution >= 4 is 34.1 Å². The average molecular weight is 417 g/mol. The zero-order chi connectivity index (χ0) is 21.1. The van der Waals surface area contributed by atoms with Crippen LogP contribution in [0.2, 0.25) is 0 Å². The number of rotatable bonds is 5. The molecule has 31 heavy (non-hydrogen) atoms. The summed E-state index contributed by atoms with van der Waals surface area (Å²) in [7, 11) is 0. The van der Waals surface area contributed by atoms with Crippen molar-refractivity contribution in [1.29, 1.82) is 0 Å². The number of nitrogens with two attached hydrogens (primary N) is 1. The third kappa shape index (κ3) is 2.98. The van der Waals surface area contributed by atoms with Gasteiger partial charge in [-0.2, -0.15) is 0 Å². The van der Waals surface area contributed by atoms with E-state index in [1.807, 2.05) is 30.3 Å². The molecule has 3 aromatic rings. The number of aromatic nitrogens is 1.